The van der Waals surface area contributed by atoms with E-state index in [9.17, 15) is 13.2 Å². The van der Waals surface area contributed by atoms with Crippen molar-refractivity contribution in [2.45, 2.75) is 10.8 Å². The largest absolute Gasteiger partial charge is 0.379 e. The van der Waals surface area contributed by atoms with E-state index in [4.69, 9.17) is 16.3 Å². The molecule has 0 spiro atoms. The molecule has 1 aliphatic heterocycles. The lowest BCUT2D eigenvalue weighted by Gasteiger charge is -2.26. The molecule has 0 aromatic heterocycles. The average Bonchev–Trinajstić information content (AvgIpc) is 2.82. The van der Waals surface area contributed by atoms with E-state index in [0.717, 1.165) is 11.1 Å². The second-order valence-electron chi connectivity index (χ2n) is 7.40. The summed E-state index contributed by atoms with van der Waals surface area (Å²) < 4.78 is 32.7. The van der Waals surface area contributed by atoms with E-state index >= 15 is 0 Å². The monoisotopic (exact) mass is 470 g/mol. The second kappa shape index (κ2) is 9.83. The first-order valence-electron chi connectivity index (χ1n) is 10.2. The van der Waals surface area contributed by atoms with Crippen molar-refractivity contribution in [2.75, 3.05) is 31.6 Å². The van der Waals surface area contributed by atoms with Gasteiger partial charge in [0.05, 0.1) is 34.7 Å². The number of nitrogens with zero attached hydrogens (tertiary/aromatic N) is 1. The van der Waals surface area contributed by atoms with Crippen LogP contribution in [0.5, 0.6) is 0 Å². The molecule has 1 amide bonds. The summed E-state index contributed by atoms with van der Waals surface area (Å²) in [4.78, 5) is 13.5. The van der Waals surface area contributed by atoms with Gasteiger partial charge in [0.1, 0.15) is 0 Å². The van der Waals surface area contributed by atoms with Crippen LogP contribution in [0, 0.1) is 0 Å². The Labute approximate surface area is 192 Å². The smallest absolute Gasteiger partial charge is 0.243 e. The minimum Gasteiger partial charge on any atom is -0.379 e. The highest BCUT2D eigenvalue weighted by atomic mass is 35.5. The molecule has 0 radical (unpaired) electrons. The first-order valence-corrected chi connectivity index (χ1v) is 12.1. The van der Waals surface area contributed by atoms with E-state index in [1.54, 1.807) is 0 Å². The fourth-order valence-corrected chi connectivity index (χ4v) is 5.29. The van der Waals surface area contributed by atoms with E-state index in [1.165, 1.54) is 22.5 Å². The SMILES string of the molecule is O=C(Nc1cc(S(=O)(=O)N2CCOCC2)ccc1Cl)C(c1ccccc1)c1ccccc1. The van der Waals surface area contributed by atoms with Gasteiger partial charge in [0.25, 0.3) is 0 Å². The maximum Gasteiger partial charge on any atom is 0.243 e. The fourth-order valence-electron chi connectivity index (χ4n) is 3.69. The molecule has 1 saturated heterocycles. The van der Waals surface area contributed by atoms with Crippen molar-refractivity contribution in [3.8, 4) is 0 Å². The minimum atomic E-state index is -3.72. The Kier molecular flexibility index (Phi) is 6.91. The number of hydrogen-bond donors (Lipinski definition) is 1. The van der Waals surface area contributed by atoms with Crippen molar-refractivity contribution in [1.82, 2.24) is 4.31 Å². The molecule has 166 valence electrons. The Balaban J connectivity index is 1.65. The maximum atomic E-state index is 13.4. The fraction of sp³-hybridized carbons (Fsp3) is 0.208. The summed E-state index contributed by atoms with van der Waals surface area (Å²) in [5, 5.41) is 3.11. The van der Waals surface area contributed by atoms with Crippen molar-refractivity contribution in [3.63, 3.8) is 0 Å². The molecule has 4 rings (SSSR count). The van der Waals surface area contributed by atoms with Gasteiger partial charge in [-0.2, -0.15) is 4.31 Å². The molecular formula is C24H23ClN2O4S. The van der Waals surface area contributed by atoms with Crippen LogP contribution in [0.3, 0.4) is 0 Å². The van der Waals surface area contributed by atoms with Gasteiger partial charge in [0, 0.05) is 13.1 Å². The van der Waals surface area contributed by atoms with Gasteiger partial charge in [-0.25, -0.2) is 8.42 Å². The van der Waals surface area contributed by atoms with Gasteiger partial charge in [0.15, 0.2) is 0 Å². The number of halogens is 1. The topological polar surface area (TPSA) is 75.7 Å². The summed E-state index contributed by atoms with van der Waals surface area (Å²) >= 11 is 6.33. The number of nitrogens with one attached hydrogen (secondary N) is 1. The molecule has 0 saturated carbocycles. The lowest BCUT2D eigenvalue weighted by atomic mass is 9.90. The number of carbonyl (C=O) groups excluding carboxylic acids is 1. The number of amides is 1. The van der Waals surface area contributed by atoms with Crippen molar-refractivity contribution in [1.29, 1.82) is 0 Å². The Hall–Kier alpha value is -2.71. The summed E-state index contributed by atoms with van der Waals surface area (Å²) in [5.74, 6) is -0.877. The minimum absolute atomic E-state index is 0.0788. The van der Waals surface area contributed by atoms with E-state index in [2.05, 4.69) is 5.32 Å². The molecule has 3 aromatic carbocycles. The molecular weight excluding hydrogens is 448 g/mol. The number of morpholine rings is 1. The van der Waals surface area contributed by atoms with Crippen LogP contribution in [0.1, 0.15) is 17.0 Å². The third-order valence-corrected chi connectivity index (χ3v) is 7.56. The number of benzene rings is 3. The Morgan fingerprint density at radius 2 is 1.47 bits per heavy atom. The highest BCUT2D eigenvalue weighted by Gasteiger charge is 2.28. The molecule has 8 heteroatoms. The highest BCUT2D eigenvalue weighted by Crippen LogP contribution is 2.31. The molecule has 6 nitrogen and oxygen atoms in total. The van der Waals surface area contributed by atoms with Crippen molar-refractivity contribution in [3.05, 3.63) is 95.0 Å². The molecule has 1 fully saturated rings. The molecule has 0 aliphatic carbocycles. The predicted octanol–water partition coefficient (Wildman–Crippen LogP) is 4.13. The van der Waals surface area contributed by atoms with E-state index in [0.29, 0.717) is 13.2 Å². The standard InChI is InChI=1S/C24H23ClN2O4S/c25-21-12-11-20(32(29,30)27-13-15-31-16-14-27)17-22(21)26-24(28)23(18-7-3-1-4-8-18)19-9-5-2-6-10-19/h1-12,17,23H,13-16H2,(H,26,28). The Morgan fingerprint density at radius 1 is 0.906 bits per heavy atom. The number of carbonyl (C=O) groups is 1. The quantitative estimate of drug-likeness (QED) is 0.587. The molecule has 1 heterocycles. The Morgan fingerprint density at radius 3 is 2.03 bits per heavy atom. The maximum absolute atomic E-state index is 13.4. The number of hydrogen-bond acceptors (Lipinski definition) is 4. The Bertz CT molecular complexity index is 1140. The van der Waals surface area contributed by atoms with Crippen molar-refractivity contribution >= 4 is 33.2 Å². The summed E-state index contributed by atoms with van der Waals surface area (Å²) in [6.07, 6.45) is 0. The van der Waals surface area contributed by atoms with Gasteiger partial charge in [-0.3, -0.25) is 4.79 Å². The van der Waals surface area contributed by atoms with Crippen LogP contribution in [0.25, 0.3) is 0 Å². The van der Waals surface area contributed by atoms with Gasteiger partial charge in [-0.1, -0.05) is 72.3 Å². The van der Waals surface area contributed by atoms with E-state index < -0.39 is 15.9 Å². The van der Waals surface area contributed by atoms with Crippen LogP contribution in [-0.4, -0.2) is 44.9 Å². The normalized spacial score (nSPS) is 14.9. The van der Waals surface area contributed by atoms with Crippen LogP contribution in [0.4, 0.5) is 5.69 Å². The summed E-state index contributed by atoms with van der Waals surface area (Å²) in [6.45, 7) is 1.28. The predicted molar refractivity (Wildman–Crippen MR) is 124 cm³/mol. The molecule has 1 N–H and O–H groups in total. The zero-order valence-electron chi connectivity index (χ0n) is 17.3. The third kappa shape index (κ3) is 4.86. The van der Waals surface area contributed by atoms with Gasteiger partial charge >= 0.3 is 0 Å². The number of sulfonamides is 1. The first kappa shape index (κ1) is 22.5. The summed E-state index contributed by atoms with van der Waals surface area (Å²) in [5.41, 5.74) is 1.90. The van der Waals surface area contributed by atoms with Crippen LogP contribution >= 0.6 is 11.6 Å². The molecule has 0 atom stereocenters. The van der Waals surface area contributed by atoms with Gasteiger partial charge in [0.2, 0.25) is 15.9 Å². The zero-order valence-corrected chi connectivity index (χ0v) is 18.9. The lowest BCUT2D eigenvalue weighted by Crippen LogP contribution is -2.40. The van der Waals surface area contributed by atoms with E-state index in [-0.39, 0.29) is 34.6 Å². The second-order valence-corrected chi connectivity index (χ2v) is 9.75. The number of ether oxygens (including phenoxy) is 1. The number of anilines is 1. The van der Waals surface area contributed by atoms with E-state index in [1.807, 2.05) is 60.7 Å². The van der Waals surface area contributed by atoms with Crippen LogP contribution in [0.15, 0.2) is 83.8 Å². The molecule has 1 aliphatic rings. The van der Waals surface area contributed by atoms with Crippen molar-refractivity contribution < 1.29 is 17.9 Å². The highest BCUT2D eigenvalue weighted by molar-refractivity contribution is 7.89. The van der Waals surface area contributed by atoms with Gasteiger partial charge in [-0.15, -0.1) is 0 Å². The summed E-state index contributed by atoms with van der Waals surface area (Å²) in [6, 6.07) is 23.2. The molecule has 32 heavy (non-hydrogen) atoms. The zero-order chi connectivity index (χ0) is 22.6. The molecule has 0 bridgehead atoms. The number of rotatable bonds is 6. The van der Waals surface area contributed by atoms with Crippen LogP contribution in [0.2, 0.25) is 5.02 Å². The van der Waals surface area contributed by atoms with Gasteiger partial charge in [-0.05, 0) is 29.3 Å². The van der Waals surface area contributed by atoms with Crippen molar-refractivity contribution in [2.24, 2.45) is 0 Å². The molecule has 0 unspecified atom stereocenters. The molecule has 3 aromatic rings. The van der Waals surface area contributed by atoms with Crippen LogP contribution < -0.4 is 5.32 Å². The lowest BCUT2D eigenvalue weighted by molar-refractivity contribution is -0.116. The van der Waals surface area contributed by atoms with Gasteiger partial charge < -0.3 is 10.1 Å². The first-order chi connectivity index (χ1) is 15.5. The average molecular weight is 471 g/mol. The summed E-state index contributed by atoms with van der Waals surface area (Å²) in [7, 11) is -3.72. The van der Waals surface area contributed by atoms with Crippen LogP contribution in [-0.2, 0) is 19.6 Å². The third-order valence-electron chi connectivity index (χ3n) is 5.33.